The second-order valence-corrected chi connectivity index (χ2v) is 4.03. The Hall–Kier alpha value is -0.570. The van der Waals surface area contributed by atoms with E-state index in [1.165, 1.54) is 0 Å². The molecular formula is C10H20N2O. The fourth-order valence-corrected chi connectivity index (χ4v) is 1.69. The molecule has 0 bridgehead atoms. The third-order valence-electron chi connectivity index (χ3n) is 2.92. The summed E-state index contributed by atoms with van der Waals surface area (Å²) in [5, 5.41) is 0. The van der Waals surface area contributed by atoms with E-state index in [1.807, 2.05) is 18.7 Å². The maximum atomic E-state index is 11.8. The van der Waals surface area contributed by atoms with Crippen molar-refractivity contribution in [1.82, 2.24) is 4.90 Å². The fourth-order valence-electron chi connectivity index (χ4n) is 1.69. The number of amides is 1. The Balaban J connectivity index is 2.50. The van der Waals surface area contributed by atoms with Gasteiger partial charge in [0.25, 0.3) is 0 Å². The highest BCUT2D eigenvalue weighted by Crippen LogP contribution is 2.39. The van der Waals surface area contributed by atoms with Crippen molar-refractivity contribution in [3.05, 3.63) is 0 Å². The van der Waals surface area contributed by atoms with Gasteiger partial charge < -0.3 is 10.6 Å². The predicted molar refractivity (Wildman–Crippen MR) is 53.2 cm³/mol. The van der Waals surface area contributed by atoms with Gasteiger partial charge in [0.2, 0.25) is 5.91 Å². The van der Waals surface area contributed by atoms with Gasteiger partial charge in [0, 0.05) is 25.0 Å². The van der Waals surface area contributed by atoms with E-state index in [0.717, 1.165) is 13.0 Å². The zero-order valence-corrected chi connectivity index (χ0v) is 8.79. The van der Waals surface area contributed by atoms with E-state index < -0.39 is 0 Å². The first kappa shape index (κ1) is 10.5. The molecule has 3 nitrogen and oxygen atoms in total. The van der Waals surface area contributed by atoms with Crippen LogP contribution in [0, 0.1) is 11.8 Å². The predicted octanol–water partition coefficient (Wildman–Crippen LogP) is 0.838. The zero-order chi connectivity index (χ0) is 10.0. The van der Waals surface area contributed by atoms with E-state index in [4.69, 9.17) is 5.73 Å². The first-order valence-electron chi connectivity index (χ1n) is 5.12. The number of hydrogen-bond donors (Lipinski definition) is 1. The smallest absolute Gasteiger partial charge is 0.226 e. The number of carbonyl (C=O) groups is 1. The van der Waals surface area contributed by atoms with Crippen LogP contribution in [0.5, 0.6) is 0 Å². The molecule has 3 heteroatoms. The molecule has 0 aromatic rings. The first-order valence-corrected chi connectivity index (χ1v) is 5.12. The summed E-state index contributed by atoms with van der Waals surface area (Å²) in [4.78, 5) is 13.7. The van der Waals surface area contributed by atoms with Crippen molar-refractivity contribution in [3.63, 3.8) is 0 Å². The lowest BCUT2D eigenvalue weighted by atomic mass is 10.2. The van der Waals surface area contributed by atoms with Crippen LogP contribution in [0.4, 0.5) is 0 Å². The van der Waals surface area contributed by atoms with Crippen molar-refractivity contribution in [2.75, 3.05) is 13.1 Å². The maximum absolute atomic E-state index is 11.8. The van der Waals surface area contributed by atoms with Crippen LogP contribution in [0.25, 0.3) is 0 Å². The topological polar surface area (TPSA) is 46.3 Å². The minimum absolute atomic E-state index is 0.185. The van der Waals surface area contributed by atoms with Crippen LogP contribution in [0.1, 0.15) is 27.2 Å². The van der Waals surface area contributed by atoms with E-state index in [-0.39, 0.29) is 12.0 Å². The van der Waals surface area contributed by atoms with Crippen LogP contribution < -0.4 is 5.73 Å². The van der Waals surface area contributed by atoms with Gasteiger partial charge in [-0.2, -0.15) is 0 Å². The molecule has 3 atom stereocenters. The average molecular weight is 184 g/mol. The molecule has 2 N–H and O–H groups in total. The highest BCUT2D eigenvalue weighted by atomic mass is 16.2. The molecule has 1 rings (SSSR count). The summed E-state index contributed by atoms with van der Waals surface area (Å²) in [6.07, 6.45) is 1.06. The quantitative estimate of drug-likeness (QED) is 0.703. The zero-order valence-electron chi connectivity index (χ0n) is 8.79. The number of nitrogens with zero attached hydrogens (tertiary/aromatic N) is 1. The van der Waals surface area contributed by atoms with Gasteiger partial charge in [-0.25, -0.2) is 0 Å². The lowest BCUT2D eigenvalue weighted by Crippen LogP contribution is -2.43. The Morgan fingerprint density at radius 1 is 1.69 bits per heavy atom. The Labute approximate surface area is 80.3 Å². The summed E-state index contributed by atoms with van der Waals surface area (Å²) in [6, 6.07) is 0.185. The van der Waals surface area contributed by atoms with Crippen molar-refractivity contribution in [2.24, 2.45) is 17.6 Å². The summed E-state index contributed by atoms with van der Waals surface area (Å²) >= 11 is 0. The van der Waals surface area contributed by atoms with Gasteiger partial charge in [0.05, 0.1) is 0 Å². The Kier molecular flexibility index (Phi) is 3.31. The van der Waals surface area contributed by atoms with Crippen LogP contribution in [0.2, 0.25) is 0 Å². The van der Waals surface area contributed by atoms with Gasteiger partial charge in [0.1, 0.15) is 0 Å². The molecule has 0 aromatic heterocycles. The monoisotopic (exact) mass is 184 g/mol. The van der Waals surface area contributed by atoms with Crippen LogP contribution in [0.3, 0.4) is 0 Å². The van der Waals surface area contributed by atoms with E-state index in [2.05, 4.69) is 6.92 Å². The number of hydrogen-bond acceptors (Lipinski definition) is 2. The molecule has 0 spiro atoms. The largest absolute Gasteiger partial charge is 0.339 e. The molecule has 1 amide bonds. The average Bonchev–Trinajstić information content (AvgIpc) is 2.83. The molecular weight excluding hydrogens is 164 g/mol. The Morgan fingerprint density at radius 3 is 2.54 bits per heavy atom. The summed E-state index contributed by atoms with van der Waals surface area (Å²) < 4.78 is 0. The van der Waals surface area contributed by atoms with Gasteiger partial charge in [-0.3, -0.25) is 4.79 Å². The fraction of sp³-hybridized carbons (Fsp3) is 0.900. The molecule has 0 heterocycles. The SMILES string of the molecule is CCN(C(=O)[C@@H]1C[C@@H]1C)[C@@H](C)CN. The lowest BCUT2D eigenvalue weighted by Gasteiger charge is -2.27. The maximum Gasteiger partial charge on any atom is 0.226 e. The summed E-state index contributed by atoms with van der Waals surface area (Å²) in [5.74, 6) is 1.17. The highest BCUT2D eigenvalue weighted by molar-refractivity contribution is 5.81. The van der Waals surface area contributed by atoms with Crippen molar-refractivity contribution < 1.29 is 4.79 Å². The molecule has 0 aliphatic heterocycles. The molecule has 0 saturated heterocycles. The van der Waals surface area contributed by atoms with Gasteiger partial charge in [0.15, 0.2) is 0 Å². The van der Waals surface area contributed by atoms with Crippen LogP contribution in [-0.4, -0.2) is 29.9 Å². The van der Waals surface area contributed by atoms with Gasteiger partial charge in [-0.05, 0) is 26.2 Å². The minimum Gasteiger partial charge on any atom is -0.339 e. The second kappa shape index (κ2) is 4.09. The van der Waals surface area contributed by atoms with E-state index >= 15 is 0 Å². The van der Waals surface area contributed by atoms with E-state index in [9.17, 15) is 4.79 Å². The van der Waals surface area contributed by atoms with Crippen LogP contribution in [-0.2, 0) is 4.79 Å². The molecule has 0 aromatic carbocycles. The molecule has 76 valence electrons. The standard InChI is InChI=1S/C10H20N2O/c1-4-12(8(3)6-11)10(13)9-5-7(9)2/h7-9H,4-6,11H2,1-3H3/t7-,8-,9+/m0/s1. The lowest BCUT2D eigenvalue weighted by molar-refractivity contribution is -0.134. The van der Waals surface area contributed by atoms with E-state index in [0.29, 0.717) is 18.4 Å². The normalized spacial score (nSPS) is 28.3. The van der Waals surface area contributed by atoms with Crippen molar-refractivity contribution in [3.8, 4) is 0 Å². The Morgan fingerprint density at radius 2 is 2.23 bits per heavy atom. The first-order chi connectivity index (χ1) is 6.11. The van der Waals surface area contributed by atoms with Crippen molar-refractivity contribution in [1.29, 1.82) is 0 Å². The van der Waals surface area contributed by atoms with Crippen LogP contribution >= 0.6 is 0 Å². The molecule has 1 aliphatic rings. The molecule has 0 unspecified atom stereocenters. The van der Waals surface area contributed by atoms with Gasteiger partial charge >= 0.3 is 0 Å². The third-order valence-corrected chi connectivity index (χ3v) is 2.92. The van der Waals surface area contributed by atoms with Gasteiger partial charge in [-0.1, -0.05) is 6.92 Å². The highest BCUT2D eigenvalue weighted by Gasteiger charge is 2.41. The number of nitrogens with two attached hydrogens (primary N) is 1. The van der Waals surface area contributed by atoms with Gasteiger partial charge in [-0.15, -0.1) is 0 Å². The number of carbonyl (C=O) groups excluding carboxylic acids is 1. The molecule has 1 fully saturated rings. The molecule has 1 saturated carbocycles. The minimum atomic E-state index is 0.185. The van der Waals surface area contributed by atoms with Crippen LogP contribution in [0.15, 0.2) is 0 Å². The molecule has 1 aliphatic carbocycles. The Bertz CT molecular complexity index is 193. The number of rotatable bonds is 4. The van der Waals surface area contributed by atoms with E-state index in [1.54, 1.807) is 0 Å². The molecule has 0 radical (unpaired) electrons. The van der Waals surface area contributed by atoms with Crippen molar-refractivity contribution >= 4 is 5.91 Å². The van der Waals surface area contributed by atoms with Crippen molar-refractivity contribution in [2.45, 2.75) is 33.2 Å². The summed E-state index contributed by atoms with van der Waals surface area (Å²) in [6.45, 7) is 7.48. The molecule has 13 heavy (non-hydrogen) atoms. The third kappa shape index (κ3) is 2.21. The summed E-state index contributed by atoms with van der Waals surface area (Å²) in [7, 11) is 0. The summed E-state index contributed by atoms with van der Waals surface area (Å²) in [5.41, 5.74) is 5.55. The number of likely N-dealkylation sites (N-methyl/N-ethyl adjacent to an activating group) is 1. The second-order valence-electron chi connectivity index (χ2n) is 4.03.